The molecule has 1 amide bonds. The van der Waals surface area contributed by atoms with Crippen molar-refractivity contribution in [1.82, 2.24) is 19.9 Å². The van der Waals surface area contributed by atoms with Gasteiger partial charge in [0.1, 0.15) is 5.76 Å². The summed E-state index contributed by atoms with van der Waals surface area (Å²) in [5, 5.41) is 5.48. The van der Waals surface area contributed by atoms with Gasteiger partial charge in [0.2, 0.25) is 0 Å². The summed E-state index contributed by atoms with van der Waals surface area (Å²) in [5.74, 6) is 0.215. The van der Waals surface area contributed by atoms with E-state index in [-0.39, 0.29) is 17.0 Å². The van der Waals surface area contributed by atoms with Gasteiger partial charge in [0.05, 0.1) is 22.0 Å². The predicted octanol–water partition coefficient (Wildman–Crippen LogP) is 3.49. The van der Waals surface area contributed by atoms with Crippen molar-refractivity contribution in [3.63, 3.8) is 0 Å². The summed E-state index contributed by atoms with van der Waals surface area (Å²) in [6.07, 6.45) is 0.780. The maximum absolute atomic E-state index is 13.1. The minimum absolute atomic E-state index is 0.118. The van der Waals surface area contributed by atoms with Gasteiger partial charge in [0.15, 0.2) is 11.0 Å². The van der Waals surface area contributed by atoms with Crippen LogP contribution >= 0.6 is 0 Å². The van der Waals surface area contributed by atoms with Crippen LogP contribution in [0.15, 0.2) is 86.8 Å². The highest BCUT2D eigenvalue weighted by Crippen LogP contribution is 2.27. The molecule has 0 bridgehead atoms. The Morgan fingerprint density at radius 1 is 0.925 bits per heavy atom. The zero-order valence-corrected chi connectivity index (χ0v) is 22.4. The maximum Gasteiger partial charge on any atom is 0.345 e. The highest BCUT2D eigenvalue weighted by molar-refractivity contribution is 6.05. The fourth-order valence-electron chi connectivity index (χ4n) is 5.44. The number of aromatic amines is 1. The van der Waals surface area contributed by atoms with Crippen molar-refractivity contribution in [3.05, 3.63) is 105 Å². The average molecular weight is 538 g/mol. The van der Waals surface area contributed by atoms with Crippen LogP contribution in [0.3, 0.4) is 0 Å². The van der Waals surface area contributed by atoms with Crippen molar-refractivity contribution in [2.24, 2.45) is 0 Å². The lowest BCUT2D eigenvalue weighted by Crippen LogP contribution is -2.53. The van der Waals surface area contributed by atoms with Crippen molar-refractivity contribution >= 4 is 27.9 Å². The maximum atomic E-state index is 13.1. The van der Waals surface area contributed by atoms with E-state index in [1.807, 2.05) is 54.6 Å². The molecule has 204 valence electrons. The molecule has 0 unspecified atom stereocenters. The first-order chi connectivity index (χ1) is 19.5. The Bertz CT molecular complexity index is 1800. The van der Waals surface area contributed by atoms with E-state index in [9.17, 15) is 14.4 Å². The molecule has 1 aliphatic heterocycles. The number of rotatable bonds is 7. The number of aromatic nitrogens is 2. The van der Waals surface area contributed by atoms with E-state index in [0.29, 0.717) is 34.4 Å². The van der Waals surface area contributed by atoms with Gasteiger partial charge in [-0.2, -0.15) is 0 Å². The Morgan fingerprint density at radius 2 is 1.68 bits per heavy atom. The number of para-hydroxylation sites is 3. The van der Waals surface area contributed by atoms with Gasteiger partial charge in [0.25, 0.3) is 5.91 Å². The highest BCUT2D eigenvalue weighted by atomic mass is 16.3. The summed E-state index contributed by atoms with van der Waals surface area (Å²) in [4.78, 5) is 44.0. The fourth-order valence-corrected chi connectivity index (χ4v) is 5.44. The quantitative estimate of drug-likeness (QED) is 0.308. The zero-order valence-electron chi connectivity index (χ0n) is 22.4. The van der Waals surface area contributed by atoms with E-state index < -0.39 is 0 Å². The number of fused-ring (bicyclic) bond motifs is 2. The number of benzene rings is 3. The van der Waals surface area contributed by atoms with E-state index in [1.165, 1.54) is 0 Å². The number of carbonyl (C=O) groups excluding carboxylic acids is 1. The summed E-state index contributed by atoms with van der Waals surface area (Å²) >= 11 is 0. The van der Waals surface area contributed by atoms with Gasteiger partial charge in [-0.15, -0.1) is 0 Å². The molecule has 9 heteroatoms. The van der Waals surface area contributed by atoms with Gasteiger partial charge in [-0.3, -0.25) is 14.5 Å². The van der Waals surface area contributed by atoms with Crippen LogP contribution < -0.4 is 21.4 Å². The molecule has 3 aromatic carbocycles. The Labute approximate surface area is 230 Å². The van der Waals surface area contributed by atoms with Crippen LogP contribution in [0.5, 0.6) is 0 Å². The third-order valence-corrected chi connectivity index (χ3v) is 7.56. The molecule has 6 rings (SSSR count). The first-order valence-electron chi connectivity index (χ1n) is 13.6. The number of H-pyrrole nitrogens is 1. The fraction of sp³-hybridized carbons (Fsp3) is 0.258. The molecule has 0 aliphatic carbocycles. The van der Waals surface area contributed by atoms with E-state index in [1.54, 1.807) is 29.8 Å². The van der Waals surface area contributed by atoms with E-state index >= 15 is 0 Å². The Kier molecular flexibility index (Phi) is 6.96. The van der Waals surface area contributed by atoms with Crippen LogP contribution in [0.4, 0.5) is 0 Å². The molecule has 1 saturated heterocycles. The standard InChI is InChI=1S/C31H31N5O4/c1-21-27(37)23-11-7-12-24(29(23)40-28(21)22-9-3-2-4-10-22)30(38)32-15-8-16-34-17-19-35(20-18-34)36-26-14-6-5-13-25(26)33-31(36)39/h2-7,9-14H,8,15-20H2,1H3,(H,32,38)(H,33,39). The summed E-state index contributed by atoms with van der Waals surface area (Å²) < 4.78 is 7.93. The lowest BCUT2D eigenvalue weighted by Gasteiger charge is -2.36. The van der Waals surface area contributed by atoms with Crippen LogP contribution in [0.25, 0.3) is 33.3 Å². The van der Waals surface area contributed by atoms with Crippen molar-refractivity contribution < 1.29 is 9.21 Å². The van der Waals surface area contributed by atoms with Crippen LogP contribution in [-0.4, -0.2) is 59.7 Å². The number of amides is 1. The number of imidazole rings is 1. The molecule has 3 heterocycles. The van der Waals surface area contributed by atoms with Crippen molar-refractivity contribution in [2.45, 2.75) is 13.3 Å². The van der Waals surface area contributed by atoms with Crippen molar-refractivity contribution in [2.75, 3.05) is 44.3 Å². The van der Waals surface area contributed by atoms with Gasteiger partial charge in [-0.25, -0.2) is 9.47 Å². The lowest BCUT2D eigenvalue weighted by atomic mass is 10.0. The third kappa shape index (κ3) is 4.80. The molecule has 1 fully saturated rings. The van der Waals surface area contributed by atoms with E-state index in [4.69, 9.17) is 4.42 Å². The van der Waals surface area contributed by atoms with Gasteiger partial charge in [-0.1, -0.05) is 48.5 Å². The van der Waals surface area contributed by atoms with Gasteiger partial charge in [0, 0.05) is 43.9 Å². The Morgan fingerprint density at radius 3 is 2.48 bits per heavy atom. The Hall–Kier alpha value is -4.63. The number of hydrogen-bond donors (Lipinski definition) is 2. The van der Waals surface area contributed by atoms with Gasteiger partial charge >= 0.3 is 5.69 Å². The van der Waals surface area contributed by atoms with E-state index in [0.717, 1.165) is 55.7 Å². The summed E-state index contributed by atoms with van der Waals surface area (Å²) in [5.41, 5.74) is 3.44. The minimum atomic E-state index is -0.264. The molecule has 0 saturated carbocycles. The average Bonchev–Trinajstić information content (AvgIpc) is 3.33. The number of piperazine rings is 1. The van der Waals surface area contributed by atoms with Crippen LogP contribution in [0, 0.1) is 6.92 Å². The number of carbonyl (C=O) groups is 1. The Balaban J connectivity index is 1.07. The molecule has 0 atom stereocenters. The largest absolute Gasteiger partial charge is 0.455 e. The smallest absolute Gasteiger partial charge is 0.345 e. The van der Waals surface area contributed by atoms with Crippen LogP contribution in [0.1, 0.15) is 22.3 Å². The molecule has 9 nitrogen and oxygen atoms in total. The molecular formula is C31H31N5O4. The first kappa shape index (κ1) is 25.6. The van der Waals surface area contributed by atoms with Crippen molar-refractivity contribution in [3.8, 4) is 11.3 Å². The van der Waals surface area contributed by atoms with E-state index in [2.05, 4.69) is 20.2 Å². The van der Waals surface area contributed by atoms with Crippen LogP contribution in [-0.2, 0) is 0 Å². The molecule has 2 N–H and O–H groups in total. The highest BCUT2D eigenvalue weighted by Gasteiger charge is 2.21. The predicted molar refractivity (Wildman–Crippen MR) is 157 cm³/mol. The second-order valence-electron chi connectivity index (χ2n) is 10.1. The monoisotopic (exact) mass is 537 g/mol. The normalized spacial score (nSPS) is 14.2. The molecule has 40 heavy (non-hydrogen) atoms. The van der Waals surface area contributed by atoms with Gasteiger partial charge in [-0.05, 0) is 44.2 Å². The summed E-state index contributed by atoms with van der Waals surface area (Å²) in [7, 11) is 0. The second-order valence-corrected chi connectivity index (χ2v) is 10.1. The zero-order chi connectivity index (χ0) is 27.6. The van der Waals surface area contributed by atoms with Gasteiger partial charge < -0.3 is 19.7 Å². The molecule has 1 aliphatic rings. The SMILES string of the molecule is Cc1c(-c2ccccc2)oc2c(C(=O)NCCCN3CCN(n4c(=O)[nH]c5ccccc54)CC3)cccc2c1=O. The summed E-state index contributed by atoms with van der Waals surface area (Å²) in [6, 6.07) is 22.3. The van der Waals surface area contributed by atoms with Crippen molar-refractivity contribution in [1.29, 1.82) is 0 Å². The molecule has 2 aromatic heterocycles. The number of nitrogens with zero attached hydrogens (tertiary/aromatic N) is 3. The topological polar surface area (TPSA) is 104 Å². The van der Waals surface area contributed by atoms with Crippen LogP contribution in [0.2, 0.25) is 0 Å². The molecular weight excluding hydrogens is 506 g/mol. The molecule has 0 radical (unpaired) electrons. The minimum Gasteiger partial charge on any atom is -0.455 e. The molecule has 0 spiro atoms. The second kappa shape index (κ2) is 10.9. The number of nitrogens with one attached hydrogen (secondary N) is 2. The molecule has 5 aromatic rings. The third-order valence-electron chi connectivity index (χ3n) is 7.56. The number of hydrogen-bond acceptors (Lipinski definition) is 6. The first-order valence-corrected chi connectivity index (χ1v) is 13.6. The lowest BCUT2D eigenvalue weighted by molar-refractivity contribution is 0.0952. The summed E-state index contributed by atoms with van der Waals surface area (Å²) in [6.45, 7) is 6.22.